The second-order valence-electron chi connectivity index (χ2n) is 3.81. The molecule has 2 rings (SSSR count). The van der Waals surface area contributed by atoms with E-state index in [1.807, 2.05) is 12.1 Å². The van der Waals surface area contributed by atoms with E-state index in [1.165, 1.54) is 4.88 Å². The SMILES string of the molecule is O=C(O)c1cccc(CNCc2ccc(Br)s2)c1. The highest BCUT2D eigenvalue weighted by Crippen LogP contribution is 2.21. The molecule has 0 saturated carbocycles. The first kappa shape index (κ1) is 13.3. The minimum absolute atomic E-state index is 0.327. The van der Waals surface area contributed by atoms with Gasteiger partial charge in [-0.2, -0.15) is 0 Å². The minimum atomic E-state index is -0.890. The molecule has 2 aromatic rings. The number of halogens is 1. The lowest BCUT2D eigenvalue weighted by atomic mass is 10.1. The summed E-state index contributed by atoms with van der Waals surface area (Å²) in [6.45, 7) is 1.45. The molecule has 0 atom stereocenters. The van der Waals surface area contributed by atoms with Gasteiger partial charge in [-0.1, -0.05) is 12.1 Å². The quantitative estimate of drug-likeness (QED) is 0.884. The van der Waals surface area contributed by atoms with E-state index in [-0.39, 0.29) is 0 Å². The van der Waals surface area contributed by atoms with Crippen LogP contribution < -0.4 is 5.32 Å². The van der Waals surface area contributed by atoms with Gasteiger partial charge in [0.2, 0.25) is 0 Å². The summed E-state index contributed by atoms with van der Waals surface area (Å²) >= 11 is 5.11. The van der Waals surface area contributed by atoms with Gasteiger partial charge in [0, 0.05) is 18.0 Å². The van der Waals surface area contributed by atoms with Gasteiger partial charge in [-0.3, -0.25) is 0 Å². The highest BCUT2D eigenvalue weighted by atomic mass is 79.9. The van der Waals surface area contributed by atoms with Crippen molar-refractivity contribution in [3.8, 4) is 0 Å². The molecule has 0 bridgehead atoms. The Hall–Kier alpha value is -1.17. The molecule has 3 nitrogen and oxygen atoms in total. The zero-order valence-electron chi connectivity index (χ0n) is 9.52. The Balaban J connectivity index is 1.90. The van der Waals surface area contributed by atoms with E-state index in [4.69, 9.17) is 5.11 Å². The van der Waals surface area contributed by atoms with Crippen LogP contribution in [0.5, 0.6) is 0 Å². The van der Waals surface area contributed by atoms with Crippen molar-refractivity contribution in [1.29, 1.82) is 0 Å². The summed E-state index contributed by atoms with van der Waals surface area (Å²) in [4.78, 5) is 12.1. The summed E-state index contributed by atoms with van der Waals surface area (Å²) in [7, 11) is 0. The first-order valence-corrected chi connectivity index (χ1v) is 7.03. The molecule has 2 N–H and O–H groups in total. The van der Waals surface area contributed by atoms with Crippen molar-refractivity contribution in [2.45, 2.75) is 13.1 Å². The molecule has 0 radical (unpaired) electrons. The van der Waals surface area contributed by atoms with Crippen LogP contribution in [0, 0.1) is 0 Å². The third-order valence-corrected chi connectivity index (χ3v) is 4.05. The van der Waals surface area contributed by atoms with Crippen LogP contribution in [0.2, 0.25) is 0 Å². The first-order valence-electron chi connectivity index (χ1n) is 5.42. The molecule has 1 heterocycles. The molecule has 1 aromatic heterocycles. The Bertz CT molecular complexity index is 553. The molecule has 0 aliphatic heterocycles. The topological polar surface area (TPSA) is 49.3 Å². The third-order valence-electron chi connectivity index (χ3n) is 2.43. The van der Waals surface area contributed by atoms with Crippen LogP contribution >= 0.6 is 27.3 Å². The Morgan fingerprint density at radius 3 is 2.78 bits per heavy atom. The fraction of sp³-hybridized carbons (Fsp3) is 0.154. The Morgan fingerprint density at radius 2 is 2.11 bits per heavy atom. The van der Waals surface area contributed by atoms with Gasteiger partial charge >= 0.3 is 5.97 Å². The monoisotopic (exact) mass is 325 g/mol. The van der Waals surface area contributed by atoms with Crippen molar-refractivity contribution in [3.05, 3.63) is 56.2 Å². The third kappa shape index (κ3) is 3.66. The van der Waals surface area contributed by atoms with E-state index in [0.717, 1.165) is 15.9 Å². The van der Waals surface area contributed by atoms with Gasteiger partial charge in [-0.15, -0.1) is 11.3 Å². The van der Waals surface area contributed by atoms with Crippen molar-refractivity contribution in [2.75, 3.05) is 0 Å². The molecule has 0 aliphatic rings. The van der Waals surface area contributed by atoms with Gasteiger partial charge in [0.25, 0.3) is 0 Å². The van der Waals surface area contributed by atoms with E-state index < -0.39 is 5.97 Å². The number of thiophene rings is 1. The number of hydrogen-bond acceptors (Lipinski definition) is 3. The number of aromatic carboxylic acids is 1. The maximum Gasteiger partial charge on any atom is 0.335 e. The molecule has 0 saturated heterocycles. The summed E-state index contributed by atoms with van der Waals surface area (Å²) in [6.07, 6.45) is 0. The van der Waals surface area contributed by atoms with Gasteiger partial charge in [0.05, 0.1) is 9.35 Å². The van der Waals surface area contributed by atoms with Crippen molar-refractivity contribution in [3.63, 3.8) is 0 Å². The van der Waals surface area contributed by atoms with Crippen molar-refractivity contribution in [1.82, 2.24) is 5.32 Å². The van der Waals surface area contributed by atoms with Crippen molar-refractivity contribution in [2.24, 2.45) is 0 Å². The molecular formula is C13H12BrNO2S. The van der Waals surface area contributed by atoms with Crippen LogP contribution in [0.3, 0.4) is 0 Å². The molecule has 0 aliphatic carbocycles. The molecule has 18 heavy (non-hydrogen) atoms. The van der Waals surface area contributed by atoms with Gasteiger partial charge < -0.3 is 10.4 Å². The minimum Gasteiger partial charge on any atom is -0.478 e. The van der Waals surface area contributed by atoms with E-state index >= 15 is 0 Å². The lowest BCUT2D eigenvalue weighted by molar-refractivity contribution is 0.0696. The zero-order valence-corrected chi connectivity index (χ0v) is 11.9. The van der Waals surface area contributed by atoms with Crippen LogP contribution in [0.25, 0.3) is 0 Å². The highest BCUT2D eigenvalue weighted by molar-refractivity contribution is 9.11. The normalized spacial score (nSPS) is 10.5. The average molecular weight is 326 g/mol. The van der Waals surface area contributed by atoms with E-state index in [9.17, 15) is 4.79 Å². The first-order chi connectivity index (χ1) is 8.65. The van der Waals surface area contributed by atoms with Crippen molar-refractivity contribution >= 4 is 33.2 Å². The summed E-state index contributed by atoms with van der Waals surface area (Å²) < 4.78 is 1.12. The lowest BCUT2D eigenvalue weighted by Gasteiger charge is -2.04. The summed E-state index contributed by atoms with van der Waals surface area (Å²) in [5, 5.41) is 12.2. The van der Waals surface area contributed by atoms with Crippen molar-refractivity contribution < 1.29 is 9.90 Å². The molecule has 0 spiro atoms. The number of carboxylic acid groups (broad SMARTS) is 1. The standard InChI is InChI=1S/C13H12BrNO2S/c14-12-5-4-11(18-12)8-15-7-9-2-1-3-10(6-9)13(16)17/h1-6,15H,7-8H2,(H,16,17). The number of hydrogen-bond donors (Lipinski definition) is 2. The number of nitrogens with one attached hydrogen (secondary N) is 1. The number of benzene rings is 1. The molecule has 1 aromatic carbocycles. The fourth-order valence-corrected chi connectivity index (χ4v) is 3.04. The number of carbonyl (C=O) groups is 1. The highest BCUT2D eigenvalue weighted by Gasteiger charge is 2.03. The Morgan fingerprint density at radius 1 is 1.28 bits per heavy atom. The maximum absolute atomic E-state index is 10.8. The summed E-state index contributed by atoms with van der Waals surface area (Å²) in [5.74, 6) is -0.890. The average Bonchev–Trinajstić information content (AvgIpc) is 2.75. The van der Waals surface area contributed by atoms with Crippen LogP contribution in [0.15, 0.2) is 40.2 Å². The molecule has 94 valence electrons. The maximum atomic E-state index is 10.8. The van der Waals surface area contributed by atoms with Crippen LogP contribution in [-0.2, 0) is 13.1 Å². The van der Waals surface area contributed by atoms with E-state index in [0.29, 0.717) is 12.1 Å². The number of rotatable bonds is 5. The molecule has 5 heteroatoms. The predicted octanol–water partition coefficient (Wildman–Crippen LogP) is 3.50. The molecular weight excluding hydrogens is 314 g/mol. The zero-order chi connectivity index (χ0) is 13.0. The molecule has 0 fully saturated rings. The second kappa shape index (κ2) is 6.13. The van der Waals surface area contributed by atoms with Gasteiger partial charge in [-0.25, -0.2) is 4.79 Å². The second-order valence-corrected chi connectivity index (χ2v) is 6.36. The van der Waals surface area contributed by atoms with Gasteiger partial charge in [0.15, 0.2) is 0 Å². The van der Waals surface area contributed by atoms with E-state index in [2.05, 4.69) is 27.3 Å². The molecule has 0 unspecified atom stereocenters. The molecule has 0 amide bonds. The number of carboxylic acids is 1. The van der Waals surface area contributed by atoms with E-state index in [1.54, 1.807) is 29.5 Å². The fourth-order valence-electron chi connectivity index (χ4n) is 1.59. The summed E-state index contributed by atoms with van der Waals surface area (Å²) in [5.41, 5.74) is 1.30. The smallest absolute Gasteiger partial charge is 0.335 e. The van der Waals surface area contributed by atoms with Gasteiger partial charge in [0.1, 0.15) is 0 Å². The van der Waals surface area contributed by atoms with Gasteiger partial charge in [-0.05, 0) is 45.8 Å². The predicted molar refractivity (Wildman–Crippen MR) is 76.0 cm³/mol. The lowest BCUT2D eigenvalue weighted by Crippen LogP contribution is -2.12. The van der Waals surface area contributed by atoms with Crippen LogP contribution in [-0.4, -0.2) is 11.1 Å². The Kier molecular flexibility index (Phi) is 4.52. The van der Waals surface area contributed by atoms with Crippen LogP contribution in [0.1, 0.15) is 20.8 Å². The van der Waals surface area contributed by atoms with Crippen LogP contribution in [0.4, 0.5) is 0 Å². The summed E-state index contributed by atoms with van der Waals surface area (Å²) in [6, 6.07) is 11.1. The Labute approximate surface area is 118 Å². The largest absolute Gasteiger partial charge is 0.478 e.